The first kappa shape index (κ1) is 27.1. The molecule has 2 aliphatic rings. The van der Waals surface area contributed by atoms with Crippen LogP contribution in [0.3, 0.4) is 0 Å². The van der Waals surface area contributed by atoms with E-state index in [0.717, 1.165) is 0 Å². The second-order valence-electron chi connectivity index (χ2n) is 9.35. The average molecular weight is 564 g/mol. The number of aliphatic hydroxyl groups is 1. The van der Waals surface area contributed by atoms with E-state index >= 15 is 0 Å². The summed E-state index contributed by atoms with van der Waals surface area (Å²) in [6.07, 6.45) is -1.05. The van der Waals surface area contributed by atoms with Crippen LogP contribution in [0.1, 0.15) is 18.9 Å². The van der Waals surface area contributed by atoms with Crippen molar-refractivity contribution in [3.8, 4) is 11.5 Å². The molecule has 0 aromatic heterocycles. The summed E-state index contributed by atoms with van der Waals surface area (Å²) in [5.41, 5.74) is 0.0896. The van der Waals surface area contributed by atoms with Gasteiger partial charge >= 0.3 is 13.6 Å². The van der Waals surface area contributed by atoms with Crippen molar-refractivity contribution in [2.24, 2.45) is 5.92 Å². The minimum Gasteiger partial charge on any atom is -0.456 e. The van der Waals surface area contributed by atoms with Gasteiger partial charge in [-0.1, -0.05) is 36.4 Å². The highest BCUT2D eigenvalue weighted by atomic mass is 31.2. The fourth-order valence-corrected chi connectivity index (χ4v) is 6.71. The largest absolute Gasteiger partial charge is 0.461 e. The van der Waals surface area contributed by atoms with Crippen LogP contribution in [0.15, 0.2) is 95.9 Å². The molecule has 0 saturated carbocycles. The average Bonchev–Trinajstić information content (AvgIpc) is 3.28. The van der Waals surface area contributed by atoms with Gasteiger partial charge in [-0.15, -0.1) is 0 Å². The van der Waals surface area contributed by atoms with Crippen LogP contribution >= 0.6 is 7.60 Å². The van der Waals surface area contributed by atoms with Crippen molar-refractivity contribution < 1.29 is 38.0 Å². The molecular weight excluding hydrogens is 539 g/mol. The molecule has 1 saturated heterocycles. The van der Waals surface area contributed by atoms with Crippen molar-refractivity contribution in [2.45, 2.75) is 32.1 Å². The first-order valence-electron chi connectivity index (χ1n) is 12.4. The highest BCUT2D eigenvalue weighted by Crippen LogP contribution is 2.63. The summed E-state index contributed by atoms with van der Waals surface area (Å²) in [7, 11) is -4.32. The van der Waals surface area contributed by atoms with Crippen LogP contribution in [0.5, 0.6) is 11.5 Å². The van der Waals surface area contributed by atoms with E-state index in [0.29, 0.717) is 5.56 Å². The van der Waals surface area contributed by atoms with Crippen LogP contribution in [-0.2, 0) is 25.5 Å². The number of carbonyl (C=O) groups is 2. The summed E-state index contributed by atoms with van der Waals surface area (Å²) in [6.45, 7) is 1.22. The number of carbonyl (C=O) groups excluding carboxylic acids is 2. The molecule has 1 fully saturated rings. The molecule has 3 aromatic rings. The third kappa shape index (κ3) is 5.21. The highest BCUT2D eigenvalue weighted by molar-refractivity contribution is 7.59. The molecule has 2 aliphatic heterocycles. The van der Waals surface area contributed by atoms with Crippen LogP contribution in [0.25, 0.3) is 0 Å². The third-order valence-corrected chi connectivity index (χ3v) is 8.64. The number of rotatable bonds is 10. The van der Waals surface area contributed by atoms with Gasteiger partial charge in [0.2, 0.25) is 5.91 Å². The Labute approximate surface area is 229 Å². The first-order chi connectivity index (χ1) is 19.2. The summed E-state index contributed by atoms with van der Waals surface area (Å²) >= 11 is 0. The van der Waals surface area contributed by atoms with E-state index in [1.54, 1.807) is 60.7 Å². The number of aliphatic hydroxyl groups excluding tert-OH is 1. The van der Waals surface area contributed by atoms with Crippen molar-refractivity contribution in [3.05, 3.63) is 112 Å². The predicted molar refractivity (Wildman–Crippen MR) is 142 cm³/mol. The Bertz CT molecular complexity index is 1460. The lowest BCUT2D eigenvalue weighted by molar-refractivity contribution is -0.384. The topological polar surface area (TPSA) is 146 Å². The van der Waals surface area contributed by atoms with E-state index < -0.39 is 42.5 Å². The van der Waals surface area contributed by atoms with Crippen LogP contribution in [0.2, 0.25) is 0 Å². The molecule has 5 rings (SSSR count). The van der Waals surface area contributed by atoms with E-state index in [1.807, 2.05) is 0 Å². The van der Waals surface area contributed by atoms with Gasteiger partial charge in [0.15, 0.2) is 0 Å². The Morgan fingerprint density at radius 3 is 2.08 bits per heavy atom. The van der Waals surface area contributed by atoms with Crippen molar-refractivity contribution >= 4 is 25.2 Å². The molecule has 1 amide bonds. The molecule has 2 unspecified atom stereocenters. The number of amides is 1. The molecule has 3 aromatic carbocycles. The molecule has 0 aliphatic carbocycles. The molecule has 12 heteroatoms. The number of nitro benzene ring substituents is 1. The predicted octanol–water partition coefficient (Wildman–Crippen LogP) is 4.81. The summed E-state index contributed by atoms with van der Waals surface area (Å²) in [5.74, 6) is -1.82. The molecule has 0 spiro atoms. The Morgan fingerprint density at radius 2 is 1.57 bits per heavy atom. The maximum atomic E-state index is 14.6. The van der Waals surface area contributed by atoms with Crippen LogP contribution in [-0.4, -0.2) is 39.0 Å². The molecule has 206 valence electrons. The van der Waals surface area contributed by atoms with Gasteiger partial charge in [-0.2, -0.15) is 0 Å². The van der Waals surface area contributed by atoms with Crippen molar-refractivity contribution in [1.82, 2.24) is 4.90 Å². The maximum Gasteiger partial charge on any atom is 0.461 e. The number of ether oxygens (including phenoxy) is 1. The van der Waals surface area contributed by atoms with E-state index in [4.69, 9.17) is 13.8 Å². The lowest BCUT2D eigenvalue weighted by Gasteiger charge is -2.44. The molecule has 40 heavy (non-hydrogen) atoms. The maximum absolute atomic E-state index is 14.6. The second kappa shape index (κ2) is 11.0. The zero-order chi connectivity index (χ0) is 28.4. The van der Waals surface area contributed by atoms with E-state index in [-0.39, 0.29) is 41.2 Å². The van der Waals surface area contributed by atoms with Gasteiger partial charge in [-0.3, -0.25) is 14.9 Å². The van der Waals surface area contributed by atoms with Crippen molar-refractivity contribution in [1.29, 1.82) is 0 Å². The number of nitrogens with zero attached hydrogens (tertiary/aromatic N) is 2. The number of hydrogen-bond donors (Lipinski definition) is 1. The van der Waals surface area contributed by atoms with Crippen molar-refractivity contribution in [3.63, 3.8) is 0 Å². The molecule has 2 heterocycles. The van der Waals surface area contributed by atoms with Gasteiger partial charge in [-0.05, 0) is 48.9 Å². The molecular formula is C28H25N2O9P. The quantitative estimate of drug-likeness (QED) is 0.120. The Hall–Kier alpha value is -4.47. The zero-order valence-electron chi connectivity index (χ0n) is 21.3. The molecule has 0 radical (unpaired) electrons. The van der Waals surface area contributed by atoms with Crippen LogP contribution < -0.4 is 9.05 Å². The number of hydrogen-bond acceptors (Lipinski definition) is 9. The fourth-order valence-electron chi connectivity index (χ4n) is 4.78. The smallest absolute Gasteiger partial charge is 0.456 e. The first-order valence-corrected chi connectivity index (χ1v) is 14.0. The molecule has 11 nitrogen and oxygen atoms in total. The highest BCUT2D eigenvalue weighted by Gasteiger charge is 2.61. The number of β-lactam (4-membered cyclic amide) rings is 1. The normalized spacial score (nSPS) is 18.9. The van der Waals surface area contributed by atoms with Crippen LogP contribution in [0.4, 0.5) is 5.69 Å². The molecule has 0 bridgehead atoms. The number of para-hydroxylation sites is 2. The van der Waals surface area contributed by atoms with Crippen LogP contribution in [0, 0.1) is 16.0 Å². The lowest BCUT2D eigenvalue weighted by Crippen LogP contribution is -2.61. The standard InChI is InChI=1S/C28H25N2O9P/c1-18(31)25-23-16-24(40(36,38-21-8-4-2-5-9-21)39-22-10-6-3-7-11-22)26(29(23)27(25)32)28(33)37-17-19-12-14-20(15-13-19)30(34)35/h2-15,18,23,25,31H,16-17H2,1H3/t18-,23?,25?/m1/s1. The minimum atomic E-state index is -4.32. The number of benzene rings is 3. The van der Waals surface area contributed by atoms with Gasteiger partial charge in [0.1, 0.15) is 23.8 Å². The summed E-state index contributed by atoms with van der Waals surface area (Å²) in [4.78, 5) is 38.1. The third-order valence-electron chi connectivity index (χ3n) is 6.68. The Kier molecular flexibility index (Phi) is 7.42. The van der Waals surface area contributed by atoms with E-state index in [9.17, 15) is 29.4 Å². The zero-order valence-corrected chi connectivity index (χ0v) is 22.2. The second-order valence-corrected chi connectivity index (χ2v) is 11.2. The van der Waals surface area contributed by atoms with Crippen molar-refractivity contribution in [2.75, 3.05) is 0 Å². The fraction of sp³-hybridized carbons (Fsp3) is 0.214. The Balaban J connectivity index is 1.52. The number of non-ortho nitro benzene ring substituents is 1. The number of nitro groups is 1. The van der Waals surface area contributed by atoms with Gasteiger partial charge in [-0.25, -0.2) is 9.36 Å². The monoisotopic (exact) mass is 564 g/mol. The summed E-state index contributed by atoms with van der Waals surface area (Å²) < 4.78 is 31.9. The van der Waals surface area contributed by atoms with Gasteiger partial charge < -0.3 is 23.8 Å². The summed E-state index contributed by atoms with van der Waals surface area (Å²) in [6, 6.07) is 21.4. The molecule has 3 atom stereocenters. The molecule has 1 N–H and O–H groups in total. The number of fused-ring (bicyclic) bond motifs is 1. The lowest BCUT2D eigenvalue weighted by atomic mass is 9.83. The summed E-state index contributed by atoms with van der Waals surface area (Å²) in [5, 5.41) is 21.1. The Morgan fingerprint density at radius 1 is 1.02 bits per heavy atom. The minimum absolute atomic E-state index is 0.0415. The van der Waals surface area contributed by atoms with Gasteiger partial charge in [0.05, 0.1) is 28.3 Å². The van der Waals surface area contributed by atoms with E-state index in [1.165, 1.54) is 36.1 Å². The number of esters is 1. The van der Waals surface area contributed by atoms with Gasteiger partial charge in [0, 0.05) is 18.6 Å². The van der Waals surface area contributed by atoms with Gasteiger partial charge in [0.25, 0.3) is 5.69 Å². The van der Waals surface area contributed by atoms with E-state index in [2.05, 4.69) is 0 Å². The SMILES string of the molecule is C[C@@H](O)C1C(=O)N2C(C(=O)OCc3ccc([N+](=O)[O-])cc3)=C(P(=O)(Oc3ccccc3)Oc3ccccc3)CC12.